The minimum atomic E-state index is 0.149. The van der Waals surface area contributed by atoms with Gasteiger partial charge in [0.15, 0.2) is 5.82 Å². The van der Waals surface area contributed by atoms with Crippen molar-refractivity contribution in [2.45, 2.75) is 59.5 Å². The number of nitrogens with two attached hydrogens (primary N) is 1. The molecule has 2 heterocycles. The quantitative estimate of drug-likeness (QED) is 0.942. The number of hydrogen-bond donors (Lipinski definition) is 1. The molecule has 21 heavy (non-hydrogen) atoms. The third kappa shape index (κ3) is 2.75. The van der Waals surface area contributed by atoms with E-state index in [1.165, 1.54) is 17.0 Å². The van der Waals surface area contributed by atoms with Crippen LogP contribution < -0.4 is 5.73 Å². The van der Waals surface area contributed by atoms with E-state index in [9.17, 15) is 0 Å². The lowest BCUT2D eigenvalue weighted by molar-refractivity contribution is 0.275. The number of rotatable bonds is 3. The topological polar surface area (TPSA) is 69.9 Å². The molecule has 0 spiro atoms. The third-order valence-electron chi connectivity index (χ3n) is 4.40. The van der Waals surface area contributed by atoms with Crippen molar-refractivity contribution in [2.75, 3.05) is 0 Å². The predicted octanol–water partition coefficient (Wildman–Crippen LogP) is 2.70. The van der Waals surface area contributed by atoms with E-state index < -0.39 is 0 Å². The Balaban J connectivity index is 1.86. The Morgan fingerprint density at radius 3 is 2.86 bits per heavy atom. The Labute approximate surface area is 125 Å². The van der Waals surface area contributed by atoms with Crippen LogP contribution in [0.3, 0.4) is 0 Å². The van der Waals surface area contributed by atoms with Crippen molar-refractivity contribution in [3.8, 4) is 0 Å². The number of hydrogen-bond acceptors (Lipinski definition) is 4. The van der Waals surface area contributed by atoms with Gasteiger partial charge in [-0.3, -0.25) is 0 Å². The van der Waals surface area contributed by atoms with Crippen LogP contribution in [-0.2, 0) is 19.4 Å². The number of aromatic nitrogens is 3. The third-order valence-corrected chi connectivity index (χ3v) is 4.40. The fourth-order valence-corrected chi connectivity index (χ4v) is 3.47. The average molecular weight is 288 g/mol. The first kappa shape index (κ1) is 14.3. The highest BCUT2D eigenvalue weighted by Crippen LogP contribution is 2.40. The average Bonchev–Trinajstić information content (AvgIpc) is 2.90. The summed E-state index contributed by atoms with van der Waals surface area (Å²) in [4.78, 5) is 4.28. The summed E-state index contributed by atoms with van der Waals surface area (Å²) in [7, 11) is 0. The van der Waals surface area contributed by atoms with Crippen LogP contribution in [0.5, 0.6) is 0 Å². The summed E-state index contributed by atoms with van der Waals surface area (Å²) >= 11 is 0. The van der Waals surface area contributed by atoms with E-state index in [1.807, 2.05) is 6.92 Å². The molecule has 0 saturated carbocycles. The van der Waals surface area contributed by atoms with Gasteiger partial charge in [0.05, 0.1) is 0 Å². The number of aryl methyl sites for hydroxylation is 3. The van der Waals surface area contributed by atoms with Crippen molar-refractivity contribution in [3.63, 3.8) is 0 Å². The maximum atomic E-state index is 6.36. The summed E-state index contributed by atoms with van der Waals surface area (Å²) in [6.07, 6.45) is 2.91. The van der Waals surface area contributed by atoms with Crippen LogP contribution >= 0.6 is 0 Å². The van der Waals surface area contributed by atoms with E-state index in [1.54, 1.807) is 0 Å². The van der Waals surface area contributed by atoms with Crippen molar-refractivity contribution >= 4 is 0 Å². The smallest absolute Gasteiger partial charge is 0.223 e. The maximum absolute atomic E-state index is 6.36. The Morgan fingerprint density at radius 1 is 1.43 bits per heavy atom. The van der Waals surface area contributed by atoms with E-state index in [0.29, 0.717) is 5.89 Å². The fraction of sp³-hybridized carbons (Fsp3) is 0.625. The van der Waals surface area contributed by atoms with Crippen LogP contribution in [0.25, 0.3) is 0 Å². The molecule has 1 aliphatic carbocycles. The predicted molar refractivity (Wildman–Crippen MR) is 80.9 cm³/mol. The Bertz CT molecular complexity index is 653. The largest absolute Gasteiger partial charge is 0.348 e. The minimum absolute atomic E-state index is 0.149. The van der Waals surface area contributed by atoms with Crippen LogP contribution in [0, 0.1) is 19.3 Å². The molecule has 114 valence electrons. The highest BCUT2D eigenvalue weighted by atomic mass is 16.5. The molecule has 2 aromatic heterocycles. The van der Waals surface area contributed by atoms with Gasteiger partial charge in [-0.15, -0.1) is 0 Å². The van der Waals surface area contributed by atoms with Crippen molar-refractivity contribution < 1.29 is 4.52 Å². The Morgan fingerprint density at radius 2 is 2.19 bits per heavy atom. The molecule has 0 radical (unpaired) electrons. The zero-order chi connectivity index (χ0) is 15.2. The zero-order valence-corrected chi connectivity index (χ0v) is 13.3. The molecule has 5 heteroatoms. The first-order valence-electron chi connectivity index (χ1n) is 7.59. The van der Waals surface area contributed by atoms with Gasteiger partial charge >= 0.3 is 0 Å². The molecule has 0 bridgehead atoms. The van der Waals surface area contributed by atoms with Gasteiger partial charge in [0.2, 0.25) is 5.89 Å². The second kappa shape index (κ2) is 4.98. The number of nitrogens with zero attached hydrogens (tertiary/aromatic N) is 3. The summed E-state index contributed by atoms with van der Waals surface area (Å²) in [5, 5.41) is 3.98. The Kier molecular flexibility index (Phi) is 3.40. The molecule has 1 unspecified atom stereocenters. The van der Waals surface area contributed by atoms with Crippen LogP contribution in [0.4, 0.5) is 0 Å². The Hall–Kier alpha value is -1.62. The SMILES string of the molecule is Cc1nc(CCn2c(C)cc3c2CC(C)(C)CC3N)no1. The first-order valence-corrected chi connectivity index (χ1v) is 7.59. The lowest BCUT2D eigenvalue weighted by Crippen LogP contribution is -2.30. The van der Waals surface area contributed by atoms with Crippen LogP contribution in [0.1, 0.15) is 55.0 Å². The van der Waals surface area contributed by atoms with Gasteiger partial charge in [0.1, 0.15) is 0 Å². The molecule has 5 nitrogen and oxygen atoms in total. The van der Waals surface area contributed by atoms with Crippen LogP contribution in [0.2, 0.25) is 0 Å². The van der Waals surface area contributed by atoms with Crippen molar-refractivity contribution in [2.24, 2.45) is 11.1 Å². The van der Waals surface area contributed by atoms with Gasteiger partial charge in [-0.05, 0) is 36.8 Å². The summed E-state index contributed by atoms with van der Waals surface area (Å²) in [6, 6.07) is 2.40. The van der Waals surface area contributed by atoms with Gasteiger partial charge in [-0.25, -0.2) is 0 Å². The van der Waals surface area contributed by atoms with E-state index in [0.717, 1.165) is 31.6 Å². The molecule has 2 aromatic rings. The molecule has 2 N–H and O–H groups in total. The highest BCUT2D eigenvalue weighted by molar-refractivity contribution is 5.34. The van der Waals surface area contributed by atoms with Gasteiger partial charge in [-0.2, -0.15) is 4.98 Å². The van der Waals surface area contributed by atoms with E-state index >= 15 is 0 Å². The molecule has 1 atom stereocenters. The lowest BCUT2D eigenvalue weighted by atomic mass is 9.74. The standard InChI is InChI=1S/C16H24N4O/c1-10-7-12-13(17)8-16(3,4)9-14(12)20(10)6-5-15-18-11(2)21-19-15/h7,13H,5-6,8-9,17H2,1-4H3. The molecule has 3 rings (SSSR count). The van der Waals surface area contributed by atoms with Crippen LogP contribution in [0.15, 0.2) is 10.6 Å². The number of fused-ring (bicyclic) bond motifs is 1. The van der Waals surface area contributed by atoms with Crippen molar-refractivity contribution in [3.05, 3.63) is 34.7 Å². The molecular formula is C16H24N4O. The summed E-state index contributed by atoms with van der Waals surface area (Å²) in [5.41, 5.74) is 10.6. The maximum Gasteiger partial charge on any atom is 0.223 e. The second-order valence-corrected chi connectivity index (χ2v) is 6.97. The lowest BCUT2D eigenvalue weighted by Gasteiger charge is -2.34. The monoisotopic (exact) mass is 288 g/mol. The molecule has 0 saturated heterocycles. The van der Waals surface area contributed by atoms with E-state index in [-0.39, 0.29) is 11.5 Å². The molecule has 0 amide bonds. The second-order valence-electron chi connectivity index (χ2n) is 6.97. The molecule has 0 aliphatic heterocycles. The molecule has 1 aliphatic rings. The van der Waals surface area contributed by atoms with Crippen LogP contribution in [-0.4, -0.2) is 14.7 Å². The van der Waals surface area contributed by atoms with Gasteiger partial charge < -0.3 is 14.8 Å². The zero-order valence-electron chi connectivity index (χ0n) is 13.3. The normalized spacial score (nSPS) is 20.5. The summed E-state index contributed by atoms with van der Waals surface area (Å²) < 4.78 is 7.41. The summed E-state index contributed by atoms with van der Waals surface area (Å²) in [5.74, 6) is 1.40. The molecule has 0 fully saturated rings. The first-order chi connectivity index (χ1) is 9.85. The van der Waals surface area contributed by atoms with Crippen molar-refractivity contribution in [1.82, 2.24) is 14.7 Å². The highest BCUT2D eigenvalue weighted by Gasteiger charge is 2.33. The van der Waals surface area contributed by atoms with Gasteiger partial charge in [0.25, 0.3) is 0 Å². The fourth-order valence-electron chi connectivity index (χ4n) is 3.47. The summed E-state index contributed by atoms with van der Waals surface area (Å²) in [6.45, 7) is 9.44. The van der Waals surface area contributed by atoms with Crippen molar-refractivity contribution in [1.29, 1.82) is 0 Å². The minimum Gasteiger partial charge on any atom is -0.348 e. The van der Waals surface area contributed by atoms with Gasteiger partial charge in [-0.1, -0.05) is 19.0 Å². The van der Waals surface area contributed by atoms with E-state index in [2.05, 4.69) is 41.5 Å². The van der Waals surface area contributed by atoms with E-state index in [4.69, 9.17) is 10.3 Å². The van der Waals surface area contributed by atoms with Gasteiger partial charge in [0, 0.05) is 37.3 Å². The molecular weight excluding hydrogens is 264 g/mol. The molecule has 0 aromatic carbocycles.